The number of furan rings is 1. The van der Waals surface area contributed by atoms with Gasteiger partial charge < -0.3 is 9.73 Å². The summed E-state index contributed by atoms with van der Waals surface area (Å²) >= 11 is 1.87. The van der Waals surface area contributed by atoms with Crippen LogP contribution in [0.25, 0.3) is 69.3 Å². The van der Waals surface area contributed by atoms with E-state index in [9.17, 15) is 0 Å². The zero-order valence-electron chi connectivity index (χ0n) is 19.4. The van der Waals surface area contributed by atoms with Gasteiger partial charge in [0, 0.05) is 37.0 Å². The van der Waals surface area contributed by atoms with Crippen molar-refractivity contribution in [1.29, 1.82) is 0 Å². The summed E-state index contributed by atoms with van der Waals surface area (Å²) in [5.74, 6) is 0.974. The minimum atomic E-state index is 0.0984. The second-order valence-electron chi connectivity index (χ2n) is 9.97. The van der Waals surface area contributed by atoms with Crippen LogP contribution < -0.4 is 5.32 Å². The lowest BCUT2D eigenvalue weighted by Crippen LogP contribution is -2.29. The van der Waals surface area contributed by atoms with Crippen molar-refractivity contribution in [2.75, 3.05) is 5.32 Å². The van der Waals surface area contributed by atoms with Crippen LogP contribution in [0.2, 0.25) is 0 Å². The normalized spacial score (nSPS) is 17.1. The number of fused-ring (bicyclic) bond motifs is 16. The first-order valence-corrected chi connectivity index (χ1v) is 13.3. The third kappa shape index (κ3) is 2.07. The highest BCUT2D eigenvalue weighted by atomic mass is 32.1. The van der Waals surface area contributed by atoms with Crippen molar-refractivity contribution in [2.24, 2.45) is 4.99 Å². The SMILES string of the molecule is C1=CC2=Nc3c(c4cccc5c6c7oc8ccccc8c7c7c8ccccc8sc7c6n3c45)NC2C=C1. The molecule has 5 heterocycles. The van der Waals surface area contributed by atoms with Crippen molar-refractivity contribution in [2.45, 2.75) is 6.04 Å². The molecule has 4 aromatic carbocycles. The number of anilines is 1. The van der Waals surface area contributed by atoms with Crippen molar-refractivity contribution in [3.05, 3.63) is 91.0 Å². The van der Waals surface area contributed by atoms with Gasteiger partial charge in [0.05, 0.1) is 38.6 Å². The highest BCUT2D eigenvalue weighted by Gasteiger charge is 2.31. The summed E-state index contributed by atoms with van der Waals surface area (Å²) in [6.07, 6.45) is 8.44. The third-order valence-corrected chi connectivity index (χ3v) is 9.29. The van der Waals surface area contributed by atoms with Gasteiger partial charge in [0.2, 0.25) is 0 Å². The molecule has 1 unspecified atom stereocenters. The molecule has 37 heavy (non-hydrogen) atoms. The van der Waals surface area contributed by atoms with Gasteiger partial charge in [0.25, 0.3) is 0 Å². The molecule has 172 valence electrons. The smallest absolute Gasteiger partial charge is 0.162 e. The highest BCUT2D eigenvalue weighted by Crippen LogP contribution is 2.53. The van der Waals surface area contributed by atoms with Gasteiger partial charge in [-0.25, -0.2) is 4.99 Å². The Morgan fingerprint density at radius 3 is 2.59 bits per heavy atom. The van der Waals surface area contributed by atoms with E-state index in [2.05, 4.69) is 101 Å². The van der Waals surface area contributed by atoms with E-state index in [1.165, 1.54) is 58.1 Å². The van der Waals surface area contributed by atoms with Crippen LogP contribution in [0.3, 0.4) is 0 Å². The fraction of sp³-hybridized carbons (Fsp3) is 0.0312. The van der Waals surface area contributed by atoms with E-state index in [1.807, 2.05) is 11.3 Å². The van der Waals surface area contributed by atoms with Crippen LogP contribution in [0, 0.1) is 0 Å². The second kappa shape index (κ2) is 6.20. The molecule has 0 bridgehead atoms. The van der Waals surface area contributed by atoms with Crippen LogP contribution >= 0.6 is 11.3 Å². The Kier molecular flexibility index (Phi) is 3.12. The summed E-state index contributed by atoms with van der Waals surface area (Å²) in [7, 11) is 0. The van der Waals surface area contributed by atoms with Crippen molar-refractivity contribution in [1.82, 2.24) is 4.40 Å². The molecule has 0 radical (unpaired) electrons. The summed E-state index contributed by atoms with van der Waals surface area (Å²) in [6.45, 7) is 0. The number of hydrogen-bond donors (Lipinski definition) is 1. The quantitative estimate of drug-likeness (QED) is 0.230. The molecule has 4 nitrogen and oxygen atoms in total. The first-order chi connectivity index (χ1) is 18.4. The summed E-state index contributed by atoms with van der Waals surface area (Å²) in [4.78, 5) is 5.24. The van der Waals surface area contributed by atoms with Crippen LogP contribution in [0.1, 0.15) is 0 Å². The number of thiophene rings is 1. The van der Waals surface area contributed by atoms with E-state index in [0.717, 1.165) is 28.4 Å². The van der Waals surface area contributed by atoms with E-state index >= 15 is 0 Å². The molecule has 0 saturated heterocycles. The molecule has 10 rings (SSSR count). The Bertz CT molecular complexity index is 2390. The Labute approximate surface area is 213 Å². The number of allylic oxidation sites excluding steroid dienone is 2. The topological polar surface area (TPSA) is 41.9 Å². The Hall–Kier alpha value is -4.61. The second-order valence-corrected chi connectivity index (χ2v) is 11.0. The van der Waals surface area contributed by atoms with Gasteiger partial charge in [-0.3, -0.25) is 4.40 Å². The lowest BCUT2D eigenvalue weighted by Gasteiger charge is -2.23. The number of rotatable bonds is 0. The van der Waals surface area contributed by atoms with E-state index in [-0.39, 0.29) is 6.04 Å². The minimum Gasteiger partial charge on any atom is -0.455 e. The number of benzene rings is 4. The minimum absolute atomic E-state index is 0.0984. The molecule has 2 aliphatic rings. The molecule has 0 saturated carbocycles. The van der Waals surface area contributed by atoms with Gasteiger partial charge in [-0.05, 0) is 18.2 Å². The molecule has 1 atom stereocenters. The van der Waals surface area contributed by atoms with Crippen molar-refractivity contribution in [3.8, 4) is 0 Å². The summed E-state index contributed by atoms with van der Waals surface area (Å²) < 4.78 is 11.7. The zero-order valence-corrected chi connectivity index (χ0v) is 20.3. The van der Waals surface area contributed by atoms with Gasteiger partial charge in [0.1, 0.15) is 11.2 Å². The predicted molar refractivity (Wildman–Crippen MR) is 157 cm³/mol. The maximum Gasteiger partial charge on any atom is 0.162 e. The number of para-hydroxylation sites is 2. The van der Waals surface area contributed by atoms with E-state index in [1.54, 1.807) is 0 Å². The number of nitrogens with one attached hydrogen (secondary N) is 1. The molecule has 8 aromatic rings. The lowest BCUT2D eigenvalue weighted by atomic mass is 10.0. The van der Waals surface area contributed by atoms with Gasteiger partial charge in [-0.15, -0.1) is 11.3 Å². The maximum absolute atomic E-state index is 6.70. The van der Waals surface area contributed by atoms with Crippen LogP contribution in [-0.4, -0.2) is 16.2 Å². The fourth-order valence-corrected chi connectivity index (χ4v) is 7.90. The Morgan fingerprint density at radius 2 is 1.62 bits per heavy atom. The van der Waals surface area contributed by atoms with Gasteiger partial charge in [-0.1, -0.05) is 72.8 Å². The molecule has 0 fully saturated rings. The third-order valence-electron chi connectivity index (χ3n) is 8.11. The molecule has 0 amide bonds. The van der Waals surface area contributed by atoms with Crippen molar-refractivity contribution >= 4 is 97.9 Å². The molecular formula is C32H17N3OS. The van der Waals surface area contributed by atoms with E-state index in [4.69, 9.17) is 9.41 Å². The highest BCUT2D eigenvalue weighted by molar-refractivity contribution is 7.27. The average molecular weight is 492 g/mol. The largest absolute Gasteiger partial charge is 0.455 e. The van der Waals surface area contributed by atoms with E-state index in [0.29, 0.717) is 0 Å². The molecule has 1 aliphatic carbocycles. The molecule has 4 aromatic heterocycles. The molecule has 0 spiro atoms. The molecule has 5 heteroatoms. The molecule has 1 aliphatic heterocycles. The van der Waals surface area contributed by atoms with Crippen LogP contribution in [-0.2, 0) is 0 Å². The number of aromatic nitrogens is 1. The number of aliphatic imine (C=N–C) groups is 1. The Morgan fingerprint density at radius 1 is 0.784 bits per heavy atom. The predicted octanol–water partition coefficient (Wildman–Crippen LogP) is 8.94. The average Bonchev–Trinajstić information content (AvgIpc) is 3.68. The number of hydrogen-bond acceptors (Lipinski definition) is 4. The van der Waals surface area contributed by atoms with Crippen LogP contribution in [0.4, 0.5) is 11.5 Å². The fourth-order valence-electron chi connectivity index (χ4n) is 6.64. The van der Waals surface area contributed by atoms with Crippen molar-refractivity contribution < 1.29 is 4.42 Å². The maximum atomic E-state index is 6.70. The van der Waals surface area contributed by atoms with Crippen LogP contribution in [0.15, 0.2) is 100 Å². The lowest BCUT2D eigenvalue weighted by molar-refractivity contribution is 0.673. The van der Waals surface area contributed by atoms with Gasteiger partial charge in [-0.2, -0.15) is 0 Å². The summed E-state index contributed by atoms with van der Waals surface area (Å²) in [5, 5.41) is 12.3. The standard InChI is InChI=1S/C32H17N3OS/c1-5-14-22-16(8-1)24-25-17-9-2-6-15-23(17)37-31(25)29-26(30(24)36-22)18-10-7-11-19-27-32(35(29)28(18)19)34-21-13-4-3-12-20(21)33-27/h1-15,20,33H. The van der Waals surface area contributed by atoms with Gasteiger partial charge >= 0.3 is 0 Å². The Balaban J connectivity index is 1.55. The molecular weight excluding hydrogens is 474 g/mol. The number of nitrogens with zero attached hydrogens (tertiary/aromatic N) is 2. The first kappa shape index (κ1) is 18.6. The first-order valence-electron chi connectivity index (χ1n) is 12.5. The van der Waals surface area contributed by atoms with Crippen LogP contribution in [0.5, 0.6) is 0 Å². The molecule has 1 N–H and O–H groups in total. The van der Waals surface area contributed by atoms with Gasteiger partial charge in [0.15, 0.2) is 5.82 Å². The summed E-state index contributed by atoms with van der Waals surface area (Å²) in [6, 6.07) is 23.9. The zero-order chi connectivity index (χ0) is 23.8. The van der Waals surface area contributed by atoms with E-state index < -0.39 is 0 Å². The monoisotopic (exact) mass is 491 g/mol. The summed E-state index contributed by atoms with van der Waals surface area (Å²) in [5.41, 5.74) is 6.44. The van der Waals surface area contributed by atoms with Crippen molar-refractivity contribution in [3.63, 3.8) is 0 Å².